The first-order valence-corrected chi connectivity index (χ1v) is 11.1. The van der Waals surface area contributed by atoms with E-state index < -0.39 is 0 Å². The van der Waals surface area contributed by atoms with E-state index in [0.29, 0.717) is 23.8 Å². The predicted molar refractivity (Wildman–Crippen MR) is 125 cm³/mol. The van der Waals surface area contributed by atoms with E-state index in [9.17, 15) is 4.79 Å². The van der Waals surface area contributed by atoms with Gasteiger partial charge in [0, 0.05) is 10.4 Å². The zero-order valence-corrected chi connectivity index (χ0v) is 18.9. The Kier molecular flexibility index (Phi) is 8.18. The summed E-state index contributed by atoms with van der Waals surface area (Å²) >= 11 is 1.49. The van der Waals surface area contributed by atoms with Gasteiger partial charge in [0.25, 0.3) is 5.91 Å². The van der Waals surface area contributed by atoms with E-state index in [0.717, 1.165) is 40.3 Å². The van der Waals surface area contributed by atoms with Gasteiger partial charge in [0.2, 0.25) is 0 Å². The Balaban J connectivity index is 1.62. The lowest BCUT2D eigenvalue weighted by atomic mass is 10.2. The summed E-state index contributed by atoms with van der Waals surface area (Å²) in [6.45, 7) is 4.70. The largest absolute Gasteiger partial charge is 0.493 e. The smallest absolute Gasteiger partial charge is 0.291 e. The number of benzene rings is 2. The van der Waals surface area contributed by atoms with Gasteiger partial charge < -0.3 is 9.47 Å². The highest BCUT2D eigenvalue weighted by molar-refractivity contribution is 7.15. The van der Waals surface area contributed by atoms with Crippen LogP contribution in [0.1, 0.15) is 47.1 Å². The van der Waals surface area contributed by atoms with Gasteiger partial charge in [0.15, 0.2) is 11.5 Å². The first-order chi connectivity index (χ1) is 15.1. The minimum atomic E-state index is -0.338. The van der Waals surface area contributed by atoms with Crippen LogP contribution in [-0.2, 0) is 0 Å². The summed E-state index contributed by atoms with van der Waals surface area (Å²) in [7, 11) is 1.60. The van der Waals surface area contributed by atoms with Crippen molar-refractivity contribution in [2.45, 2.75) is 33.1 Å². The van der Waals surface area contributed by atoms with Crippen molar-refractivity contribution in [1.29, 1.82) is 0 Å². The summed E-state index contributed by atoms with van der Waals surface area (Å²) in [4.78, 5) is 17.9. The maximum absolute atomic E-state index is 12.5. The van der Waals surface area contributed by atoms with Crippen molar-refractivity contribution in [1.82, 2.24) is 10.4 Å². The minimum Gasteiger partial charge on any atom is -0.493 e. The van der Waals surface area contributed by atoms with Crippen molar-refractivity contribution in [2.75, 3.05) is 13.7 Å². The molecule has 162 valence electrons. The first-order valence-electron chi connectivity index (χ1n) is 10.3. The maximum atomic E-state index is 12.5. The number of nitrogens with one attached hydrogen (secondary N) is 1. The molecule has 0 spiro atoms. The Labute approximate surface area is 186 Å². The maximum Gasteiger partial charge on any atom is 0.291 e. The number of hydrogen-bond acceptors (Lipinski definition) is 6. The van der Waals surface area contributed by atoms with Gasteiger partial charge in [-0.15, -0.1) is 11.3 Å². The molecule has 0 atom stereocenters. The van der Waals surface area contributed by atoms with E-state index in [2.05, 4.69) is 22.4 Å². The third kappa shape index (κ3) is 6.15. The monoisotopic (exact) mass is 437 g/mol. The molecule has 0 aliphatic carbocycles. The quantitative estimate of drug-likeness (QED) is 0.260. The highest BCUT2D eigenvalue weighted by Crippen LogP contribution is 2.28. The van der Waals surface area contributed by atoms with Crippen LogP contribution < -0.4 is 14.9 Å². The van der Waals surface area contributed by atoms with Crippen molar-refractivity contribution >= 4 is 23.5 Å². The summed E-state index contributed by atoms with van der Waals surface area (Å²) < 4.78 is 11.2. The number of amides is 1. The molecule has 1 aromatic heterocycles. The number of aryl methyl sites for hydroxylation is 1. The minimum absolute atomic E-state index is 0.338. The zero-order valence-electron chi connectivity index (χ0n) is 18.1. The van der Waals surface area contributed by atoms with Gasteiger partial charge in [-0.3, -0.25) is 4.79 Å². The van der Waals surface area contributed by atoms with E-state index in [4.69, 9.17) is 9.47 Å². The van der Waals surface area contributed by atoms with Gasteiger partial charge in [-0.25, -0.2) is 10.4 Å². The van der Waals surface area contributed by atoms with Crippen LogP contribution in [0.4, 0.5) is 0 Å². The fraction of sp³-hybridized carbons (Fsp3) is 0.292. The molecule has 0 aliphatic rings. The third-order valence-corrected chi connectivity index (χ3v) is 5.63. The standard InChI is InChI=1S/C24H27N3O3S/c1-4-5-9-14-30-20-13-12-18(15-21(20)29-3)16-25-27-23(28)22-17(2)31-24(26-22)19-10-7-6-8-11-19/h6-8,10-13,15-16H,4-5,9,14H2,1-3H3,(H,27,28)/b25-16-. The van der Waals surface area contributed by atoms with Crippen molar-refractivity contribution < 1.29 is 14.3 Å². The van der Waals surface area contributed by atoms with Gasteiger partial charge in [0.05, 0.1) is 19.9 Å². The molecular weight excluding hydrogens is 410 g/mol. The second-order valence-corrected chi connectivity index (χ2v) is 8.16. The van der Waals surface area contributed by atoms with Gasteiger partial charge in [-0.1, -0.05) is 50.1 Å². The summed E-state index contributed by atoms with van der Waals surface area (Å²) in [5.74, 6) is 0.996. The van der Waals surface area contributed by atoms with Crippen LogP contribution >= 0.6 is 11.3 Å². The molecule has 3 aromatic rings. The van der Waals surface area contributed by atoms with Crippen LogP contribution in [0.15, 0.2) is 53.6 Å². The second kappa shape index (κ2) is 11.3. The van der Waals surface area contributed by atoms with E-state index >= 15 is 0 Å². The van der Waals surface area contributed by atoms with Crippen LogP contribution in [0.25, 0.3) is 10.6 Å². The SMILES string of the molecule is CCCCCOc1ccc(/C=N\NC(=O)c2nc(-c3ccccc3)sc2C)cc1OC. The second-order valence-electron chi connectivity index (χ2n) is 6.95. The molecule has 6 nitrogen and oxygen atoms in total. The molecule has 0 bridgehead atoms. The fourth-order valence-corrected chi connectivity index (χ4v) is 3.86. The van der Waals surface area contributed by atoms with Crippen molar-refractivity contribution in [3.63, 3.8) is 0 Å². The summed E-state index contributed by atoms with van der Waals surface area (Å²) in [5.41, 5.74) is 4.72. The molecule has 2 aromatic carbocycles. The molecule has 7 heteroatoms. The van der Waals surface area contributed by atoms with E-state index in [1.807, 2.05) is 55.5 Å². The van der Waals surface area contributed by atoms with Crippen LogP contribution in [-0.4, -0.2) is 30.8 Å². The average molecular weight is 438 g/mol. The molecule has 0 unspecified atom stereocenters. The van der Waals surface area contributed by atoms with E-state index in [1.54, 1.807) is 13.3 Å². The summed E-state index contributed by atoms with van der Waals surface area (Å²) in [5, 5.41) is 4.89. The lowest BCUT2D eigenvalue weighted by molar-refractivity contribution is 0.0950. The zero-order chi connectivity index (χ0) is 22.1. The van der Waals surface area contributed by atoms with Gasteiger partial charge in [0.1, 0.15) is 10.7 Å². The molecule has 31 heavy (non-hydrogen) atoms. The number of ether oxygens (including phenoxy) is 2. The molecule has 1 N–H and O–H groups in total. The van der Waals surface area contributed by atoms with Crippen LogP contribution in [0, 0.1) is 6.92 Å². The third-order valence-electron chi connectivity index (χ3n) is 4.61. The molecule has 3 rings (SSSR count). The Hall–Kier alpha value is -3.19. The molecule has 0 aliphatic heterocycles. The topological polar surface area (TPSA) is 72.8 Å². The number of rotatable bonds is 10. The Bertz CT molecular complexity index is 1030. The number of carbonyl (C=O) groups is 1. The van der Waals surface area contributed by atoms with Gasteiger partial charge in [-0.2, -0.15) is 5.10 Å². The molecule has 0 saturated heterocycles. The Morgan fingerprint density at radius 3 is 2.71 bits per heavy atom. The number of thiazole rings is 1. The highest BCUT2D eigenvalue weighted by atomic mass is 32.1. The highest BCUT2D eigenvalue weighted by Gasteiger charge is 2.15. The van der Waals surface area contributed by atoms with Crippen molar-refractivity contribution in [3.8, 4) is 22.1 Å². The number of unbranched alkanes of at least 4 members (excludes halogenated alkanes) is 2. The Morgan fingerprint density at radius 2 is 1.97 bits per heavy atom. The normalized spacial score (nSPS) is 10.9. The van der Waals surface area contributed by atoms with Crippen LogP contribution in [0.2, 0.25) is 0 Å². The number of nitrogens with zero attached hydrogens (tertiary/aromatic N) is 2. The van der Waals surface area contributed by atoms with Crippen LogP contribution in [0.5, 0.6) is 11.5 Å². The van der Waals surface area contributed by atoms with Gasteiger partial charge >= 0.3 is 0 Å². The summed E-state index contributed by atoms with van der Waals surface area (Å²) in [6, 6.07) is 15.3. The number of aromatic nitrogens is 1. The fourth-order valence-electron chi connectivity index (χ4n) is 2.95. The van der Waals surface area contributed by atoms with Crippen LogP contribution in [0.3, 0.4) is 0 Å². The molecule has 0 fully saturated rings. The van der Waals surface area contributed by atoms with Crippen molar-refractivity contribution in [3.05, 3.63) is 64.7 Å². The van der Waals surface area contributed by atoms with Gasteiger partial charge in [-0.05, 0) is 37.1 Å². The van der Waals surface area contributed by atoms with E-state index in [-0.39, 0.29) is 5.91 Å². The summed E-state index contributed by atoms with van der Waals surface area (Å²) in [6.07, 6.45) is 4.87. The molecule has 1 heterocycles. The molecule has 1 amide bonds. The lowest BCUT2D eigenvalue weighted by Crippen LogP contribution is -2.18. The Morgan fingerprint density at radius 1 is 1.16 bits per heavy atom. The number of hydrazone groups is 1. The number of methoxy groups -OCH3 is 1. The number of hydrogen-bond donors (Lipinski definition) is 1. The van der Waals surface area contributed by atoms with E-state index in [1.165, 1.54) is 11.3 Å². The first kappa shape index (κ1) is 22.5. The average Bonchev–Trinajstić information content (AvgIpc) is 3.19. The molecule has 0 saturated carbocycles. The lowest BCUT2D eigenvalue weighted by Gasteiger charge is -2.11. The number of carbonyl (C=O) groups excluding carboxylic acids is 1. The molecular formula is C24H27N3O3S. The predicted octanol–water partition coefficient (Wildman–Crippen LogP) is 5.46. The molecule has 0 radical (unpaired) electrons. The van der Waals surface area contributed by atoms with Crippen molar-refractivity contribution in [2.24, 2.45) is 5.10 Å².